The Morgan fingerprint density at radius 2 is 1.61 bits per heavy atom. The monoisotopic (exact) mass is 320 g/mol. The van der Waals surface area contributed by atoms with E-state index in [1.807, 2.05) is 0 Å². The quantitative estimate of drug-likeness (QED) is 0.389. The summed E-state index contributed by atoms with van der Waals surface area (Å²) in [6, 6.07) is 0. The van der Waals surface area contributed by atoms with Crippen LogP contribution in [0, 0.1) is 47.3 Å². The van der Waals surface area contributed by atoms with Crippen LogP contribution >= 0.6 is 0 Å². The topological polar surface area (TPSA) is 0 Å². The summed E-state index contributed by atoms with van der Waals surface area (Å²) in [5.41, 5.74) is 0. The molecule has 2 fully saturated rings. The maximum Gasteiger partial charge on any atom is -0.0326 e. The fourth-order valence-electron chi connectivity index (χ4n) is 6.65. The minimum atomic E-state index is 0.999. The van der Waals surface area contributed by atoms with Crippen LogP contribution in [0.25, 0.3) is 0 Å². The molecule has 0 heterocycles. The summed E-state index contributed by atoms with van der Waals surface area (Å²) in [5, 5.41) is 0. The Kier molecular flexibility index (Phi) is 7.49. The van der Waals surface area contributed by atoms with Crippen LogP contribution < -0.4 is 0 Å². The number of hydrogen-bond acceptors (Lipinski definition) is 0. The summed E-state index contributed by atoms with van der Waals surface area (Å²) in [7, 11) is 0. The molecule has 0 aromatic rings. The predicted octanol–water partition coefficient (Wildman–Crippen LogP) is 7.57. The average Bonchev–Trinajstić information content (AvgIpc) is 2.54. The minimum absolute atomic E-state index is 0.999. The highest BCUT2D eigenvalue weighted by Crippen LogP contribution is 2.57. The summed E-state index contributed by atoms with van der Waals surface area (Å²) in [5.74, 6) is 8.27. The van der Waals surface area contributed by atoms with Gasteiger partial charge in [-0.1, -0.05) is 80.1 Å². The van der Waals surface area contributed by atoms with Crippen molar-refractivity contribution in [3.05, 3.63) is 0 Å². The van der Waals surface area contributed by atoms with Gasteiger partial charge in [0.15, 0.2) is 0 Å². The highest BCUT2D eigenvalue weighted by Gasteiger charge is 2.50. The van der Waals surface area contributed by atoms with E-state index in [1.54, 1.807) is 6.42 Å². The third kappa shape index (κ3) is 3.98. The van der Waals surface area contributed by atoms with Crippen molar-refractivity contribution in [1.29, 1.82) is 0 Å². The van der Waals surface area contributed by atoms with Crippen LogP contribution in [0.1, 0.15) is 99.3 Å². The molecule has 0 radical (unpaired) electrons. The van der Waals surface area contributed by atoms with Crippen LogP contribution in [0.2, 0.25) is 0 Å². The lowest BCUT2D eigenvalue weighted by Crippen LogP contribution is -2.50. The fourth-order valence-corrected chi connectivity index (χ4v) is 6.65. The van der Waals surface area contributed by atoms with Crippen molar-refractivity contribution in [3.63, 3.8) is 0 Å². The molecular weight excluding hydrogens is 276 g/mol. The molecule has 2 aliphatic rings. The summed E-state index contributed by atoms with van der Waals surface area (Å²) >= 11 is 0. The smallest absolute Gasteiger partial charge is 0.0326 e. The van der Waals surface area contributed by atoms with E-state index in [0.717, 1.165) is 47.3 Å². The van der Waals surface area contributed by atoms with E-state index in [1.165, 1.54) is 51.4 Å². The van der Waals surface area contributed by atoms with Crippen LogP contribution in [-0.2, 0) is 0 Å². The summed E-state index contributed by atoms with van der Waals surface area (Å²) in [6.45, 7) is 14.8. The van der Waals surface area contributed by atoms with Crippen LogP contribution in [0.15, 0.2) is 0 Å². The second kappa shape index (κ2) is 8.91. The first-order valence-corrected chi connectivity index (χ1v) is 11.1. The lowest BCUT2D eigenvalue weighted by molar-refractivity contribution is -0.0780. The third-order valence-electron chi connectivity index (χ3n) is 8.00. The van der Waals surface area contributed by atoms with Crippen molar-refractivity contribution in [1.82, 2.24) is 0 Å². The first-order chi connectivity index (χ1) is 11.1. The average molecular weight is 321 g/mol. The van der Waals surface area contributed by atoms with Crippen LogP contribution in [0.3, 0.4) is 0 Å². The zero-order valence-corrected chi connectivity index (χ0v) is 17.0. The van der Waals surface area contributed by atoms with Gasteiger partial charge in [0.05, 0.1) is 0 Å². The third-order valence-corrected chi connectivity index (χ3v) is 8.00. The second-order valence-corrected chi connectivity index (χ2v) is 9.14. The zero-order chi connectivity index (χ0) is 17.0. The molecule has 0 amide bonds. The van der Waals surface area contributed by atoms with E-state index in [0.29, 0.717) is 0 Å². The van der Waals surface area contributed by atoms with Crippen LogP contribution in [0.5, 0.6) is 0 Å². The van der Waals surface area contributed by atoms with Crippen LogP contribution in [-0.4, -0.2) is 0 Å². The van der Waals surface area contributed by atoms with Gasteiger partial charge in [-0.15, -0.1) is 0 Å². The van der Waals surface area contributed by atoms with Crippen molar-refractivity contribution >= 4 is 0 Å². The van der Waals surface area contributed by atoms with Crippen molar-refractivity contribution < 1.29 is 0 Å². The van der Waals surface area contributed by atoms with E-state index in [-0.39, 0.29) is 0 Å². The largest absolute Gasteiger partial charge is 0.0654 e. The highest BCUT2D eigenvalue weighted by molar-refractivity contribution is 4.99. The maximum absolute atomic E-state index is 2.60. The van der Waals surface area contributed by atoms with E-state index >= 15 is 0 Å². The molecule has 0 spiro atoms. The number of rotatable bonds is 10. The van der Waals surface area contributed by atoms with E-state index in [2.05, 4.69) is 41.5 Å². The van der Waals surface area contributed by atoms with E-state index in [4.69, 9.17) is 0 Å². The Morgan fingerprint density at radius 1 is 0.870 bits per heavy atom. The first kappa shape index (κ1) is 19.3. The predicted molar refractivity (Wildman–Crippen MR) is 104 cm³/mol. The van der Waals surface area contributed by atoms with Crippen LogP contribution in [0.4, 0.5) is 0 Å². The lowest BCUT2D eigenvalue weighted by atomic mass is 9.49. The molecular formula is C23H44. The van der Waals surface area contributed by atoms with Crippen molar-refractivity contribution in [2.75, 3.05) is 0 Å². The molecule has 23 heavy (non-hydrogen) atoms. The molecule has 8 unspecified atom stereocenters. The molecule has 136 valence electrons. The summed E-state index contributed by atoms with van der Waals surface area (Å²) < 4.78 is 0. The molecule has 0 saturated heterocycles. The van der Waals surface area contributed by atoms with Gasteiger partial charge >= 0.3 is 0 Å². The van der Waals surface area contributed by atoms with Gasteiger partial charge in [-0.2, -0.15) is 0 Å². The molecule has 8 atom stereocenters. The lowest BCUT2D eigenvalue weighted by Gasteiger charge is -2.56. The van der Waals surface area contributed by atoms with Crippen molar-refractivity contribution in [2.45, 2.75) is 99.3 Å². The van der Waals surface area contributed by atoms with Gasteiger partial charge in [0.25, 0.3) is 0 Å². The van der Waals surface area contributed by atoms with Gasteiger partial charge in [0.2, 0.25) is 0 Å². The van der Waals surface area contributed by atoms with E-state index in [9.17, 15) is 0 Å². The Balaban J connectivity index is 1.99. The van der Waals surface area contributed by atoms with Gasteiger partial charge in [-0.25, -0.2) is 0 Å². The van der Waals surface area contributed by atoms with Crippen molar-refractivity contribution in [3.8, 4) is 0 Å². The molecule has 0 bridgehead atoms. The Labute approximate surface area is 147 Å². The molecule has 0 N–H and O–H groups in total. The Hall–Kier alpha value is 0. The zero-order valence-electron chi connectivity index (χ0n) is 17.0. The summed E-state index contributed by atoms with van der Waals surface area (Å²) in [4.78, 5) is 0. The molecule has 2 aliphatic carbocycles. The number of unbranched alkanes of at least 4 members (excludes halogenated alkanes) is 1. The SMILES string of the molecule is CCCCC1C(C)C(C(CCC)CC2C(C)CC2CC)C1CC. The molecule has 2 rings (SSSR count). The standard InChI is InChI=1S/C23H44/c1-7-11-13-21-17(6)23(20(21)10-4)19(12-8-2)15-22-16(5)14-18(22)9-3/h16-23H,7-15H2,1-6H3. The Bertz CT molecular complexity index is 333. The van der Waals surface area contributed by atoms with E-state index < -0.39 is 0 Å². The molecule has 2 saturated carbocycles. The molecule has 0 heteroatoms. The second-order valence-electron chi connectivity index (χ2n) is 9.14. The first-order valence-electron chi connectivity index (χ1n) is 11.1. The number of hydrogen-bond donors (Lipinski definition) is 0. The van der Waals surface area contributed by atoms with Crippen molar-refractivity contribution in [2.24, 2.45) is 47.3 Å². The molecule has 0 aromatic heterocycles. The summed E-state index contributed by atoms with van der Waals surface area (Å²) in [6.07, 6.45) is 13.1. The molecule has 0 aliphatic heterocycles. The van der Waals surface area contributed by atoms with Gasteiger partial charge in [-0.05, 0) is 66.6 Å². The highest BCUT2D eigenvalue weighted by atomic mass is 14.5. The van der Waals surface area contributed by atoms with Gasteiger partial charge in [0, 0.05) is 0 Å². The molecule has 0 nitrogen and oxygen atoms in total. The van der Waals surface area contributed by atoms with Gasteiger partial charge in [-0.3, -0.25) is 0 Å². The normalized spacial score (nSPS) is 41.2. The molecule has 0 aromatic carbocycles. The van der Waals surface area contributed by atoms with Gasteiger partial charge < -0.3 is 0 Å². The minimum Gasteiger partial charge on any atom is -0.0654 e. The van der Waals surface area contributed by atoms with Gasteiger partial charge in [0.1, 0.15) is 0 Å². The maximum atomic E-state index is 2.60. The Morgan fingerprint density at radius 3 is 2.13 bits per heavy atom. The fraction of sp³-hybridized carbons (Fsp3) is 1.00.